The van der Waals surface area contributed by atoms with Gasteiger partial charge in [-0.2, -0.15) is 0 Å². The Kier molecular flexibility index (Phi) is 8.64. The van der Waals surface area contributed by atoms with Gasteiger partial charge in [0.15, 0.2) is 0 Å². The number of carbonyl (C=O) groups is 2. The molecule has 2 fully saturated rings. The molecule has 2 aliphatic rings. The molecule has 25 heavy (non-hydrogen) atoms. The Morgan fingerprint density at radius 3 is 2.40 bits per heavy atom. The van der Waals surface area contributed by atoms with Crippen molar-refractivity contribution in [3.05, 3.63) is 0 Å². The second-order valence-electron chi connectivity index (χ2n) is 7.34. The first kappa shape index (κ1) is 20.1. The third-order valence-electron chi connectivity index (χ3n) is 5.05. The highest BCUT2D eigenvalue weighted by molar-refractivity contribution is 5.78. The van der Waals surface area contributed by atoms with Crippen LogP contribution in [0.15, 0.2) is 0 Å². The van der Waals surface area contributed by atoms with Gasteiger partial charge < -0.3 is 15.0 Å². The van der Waals surface area contributed by atoms with Crippen LogP contribution >= 0.6 is 0 Å². The molecule has 1 N–H and O–H groups in total. The van der Waals surface area contributed by atoms with Crippen molar-refractivity contribution in [1.82, 2.24) is 20.0 Å². The van der Waals surface area contributed by atoms with E-state index in [9.17, 15) is 9.59 Å². The third kappa shape index (κ3) is 7.30. The Hall–Kier alpha value is -1.18. The predicted molar refractivity (Wildman–Crippen MR) is 97.4 cm³/mol. The monoisotopic (exact) mass is 354 g/mol. The number of likely N-dealkylation sites (tertiary alicyclic amines) is 1. The lowest BCUT2D eigenvalue weighted by molar-refractivity contribution is -0.135. The van der Waals surface area contributed by atoms with Crippen molar-refractivity contribution < 1.29 is 14.3 Å². The van der Waals surface area contributed by atoms with Crippen LogP contribution in [0.4, 0.5) is 0 Å². The molecular formula is C18H34N4O3. The normalized spacial score (nSPS) is 22.8. The minimum absolute atomic E-state index is 0.0722. The van der Waals surface area contributed by atoms with Crippen molar-refractivity contribution in [2.45, 2.75) is 26.2 Å². The number of rotatable bonds is 8. The number of amides is 2. The molecular weight excluding hydrogens is 320 g/mol. The summed E-state index contributed by atoms with van der Waals surface area (Å²) < 4.78 is 4.97. The zero-order valence-corrected chi connectivity index (χ0v) is 15.8. The number of methoxy groups -OCH3 is 1. The summed E-state index contributed by atoms with van der Waals surface area (Å²) in [6, 6.07) is 0. The van der Waals surface area contributed by atoms with E-state index in [0.717, 1.165) is 52.1 Å². The van der Waals surface area contributed by atoms with Gasteiger partial charge in [-0.15, -0.1) is 0 Å². The lowest BCUT2D eigenvalue weighted by Gasteiger charge is -2.36. The van der Waals surface area contributed by atoms with Crippen molar-refractivity contribution in [3.8, 4) is 0 Å². The maximum absolute atomic E-state index is 12.4. The Morgan fingerprint density at radius 2 is 1.76 bits per heavy atom. The third-order valence-corrected chi connectivity index (χ3v) is 5.05. The van der Waals surface area contributed by atoms with E-state index < -0.39 is 0 Å². The van der Waals surface area contributed by atoms with Gasteiger partial charge in [-0.1, -0.05) is 6.92 Å². The number of piperazine rings is 1. The first-order valence-corrected chi connectivity index (χ1v) is 9.56. The number of ether oxygens (including phenoxy) is 1. The summed E-state index contributed by atoms with van der Waals surface area (Å²) in [6.07, 6.45) is 3.20. The molecule has 2 amide bonds. The van der Waals surface area contributed by atoms with Crippen LogP contribution in [0.3, 0.4) is 0 Å². The van der Waals surface area contributed by atoms with Gasteiger partial charge in [0, 0.05) is 59.5 Å². The first-order chi connectivity index (χ1) is 12.1. The second-order valence-corrected chi connectivity index (χ2v) is 7.34. The smallest absolute Gasteiger partial charge is 0.236 e. The zero-order valence-electron chi connectivity index (χ0n) is 15.8. The Balaban J connectivity index is 1.61. The van der Waals surface area contributed by atoms with Crippen LogP contribution in [-0.4, -0.2) is 99.1 Å². The molecule has 2 saturated heterocycles. The summed E-state index contributed by atoms with van der Waals surface area (Å²) in [4.78, 5) is 30.7. The van der Waals surface area contributed by atoms with Crippen LogP contribution in [0.25, 0.3) is 0 Å². The number of hydrogen-bond acceptors (Lipinski definition) is 5. The van der Waals surface area contributed by atoms with Gasteiger partial charge in [-0.3, -0.25) is 19.4 Å². The molecule has 0 aromatic carbocycles. The summed E-state index contributed by atoms with van der Waals surface area (Å²) in [6.45, 7) is 9.72. The molecule has 1 unspecified atom stereocenters. The lowest BCUT2D eigenvalue weighted by Crippen LogP contribution is -2.52. The van der Waals surface area contributed by atoms with Crippen LogP contribution in [0, 0.1) is 5.92 Å². The van der Waals surface area contributed by atoms with Crippen molar-refractivity contribution in [3.63, 3.8) is 0 Å². The molecule has 0 radical (unpaired) electrons. The molecule has 7 nitrogen and oxygen atoms in total. The van der Waals surface area contributed by atoms with E-state index in [2.05, 4.69) is 22.0 Å². The van der Waals surface area contributed by atoms with Gasteiger partial charge in [-0.05, 0) is 25.2 Å². The van der Waals surface area contributed by atoms with Crippen molar-refractivity contribution in [1.29, 1.82) is 0 Å². The van der Waals surface area contributed by atoms with E-state index in [0.29, 0.717) is 32.2 Å². The predicted octanol–water partition coefficient (Wildman–Crippen LogP) is 0.0152. The molecule has 144 valence electrons. The van der Waals surface area contributed by atoms with Gasteiger partial charge >= 0.3 is 0 Å². The van der Waals surface area contributed by atoms with Crippen LogP contribution in [0.5, 0.6) is 0 Å². The summed E-state index contributed by atoms with van der Waals surface area (Å²) in [5, 5.41) is 2.92. The molecule has 0 aromatic heterocycles. The minimum atomic E-state index is 0.0722. The zero-order chi connectivity index (χ0) is 18.1. The molecule has 0 saturated carbocycles. The van der Waals surface area contributed by atoms with Gasteiger partial charge in [-0.25, -0.2) is 0 Å². The molecule has 0 aliphatic carbocycles. The van der Waals surface area contributed by atoms with Crippen LogP contribution in [0.1, 0.15) is 26.2 Å². The van der Waals surface area contributed by atoms with Gasteiger partial charge in [0.2, 0.25) is 11.8 Å². The molecule has 0 aromatic rings. The minimum Gasteiger partial charge on any atom is -0.385 e. The molecule has 2 rings (SSSR count). The van der Waals surface area contributed by atoms with Crippen molar-refractivity contribution >= 4 is 11.8 Å². The van der Waals surface area contributed by atoms with E-state index in [1.165, 1.54) is 6.42 Å². The van der Waals surface area contributed by atoms with Crippen molar-refractivity contribution in [2.24, 2.45) is 5.92 Å². The van der Waals surface area contributed by atoms with Crippen molar-refractivity contribution in [2.75, 3.05) is 72.6 Å². The average Bonchev–Trinajstić information content (AvgIpc) is 2.60. The summed E-state index contributed by atoms with van der Waals surface area (Å²) in [5.74, 6) is 0.954. The fourth-order valence-electron chi connectivity index (χ4n) is 3.52. The molecule has 2 heterocycles. The highest BCUT2D eigenvalue weighted by Gasteiger charge is 2.25. The molecule has 2 aliphatic heterocycles. The van der Waals surface area contributed by atoms with E-state index in [1.54, 1.807) is 7.11 Å². The van der Waals surface area contributed by atoms with E-state index in [1.807, 2.05) is 4.90 Å². The first-order valence-electron chi connectivity index (χ1n) is 9.56. The van der Waals surface area contributed by atoms with Gasteiger partial charge in [0.25, 0.3) is 0 Å². The SMILES string of the molecule is COCCCNC(=O)CN1CCN(CC(=O)N2CCCC(C)C2)CC1. The topological polar surface area (TPSA) is 65.1 Å². The molecule has 1 atom stereocenters. The number of carbonyl (C=O) groups excluding carboxylic acids is 2. The van der Waals surface area contributed by atoms with E-state index in [4.69, 9.17) is 4.74 Å². The van der Waals surface area contributed by atoms with E-state index >= 15 is 0 Å². The van der Waals surface area contributed by atoms with Crippen LogP contribution in [0.2, 0.25) is 0 Å². The average molecular weight is 354 g/mol. The van der Waals surface area contributed by atoms with Gasteiger partial charge in [0.1, 0.15) is 0 Å². The molecule has 7 heteroatoms. The Bertz CT molecular complexity index is 425. The number of hydrogen-bond donors (Lipinski definition) is 1. The highest BCUT2D eigenvalue weighted by Crippen LogP contribution is 2.15. The Labute approximate surface area is 151 Å². The molecule has 0 spiro atoms. The van der Waals surface area contributed by atoms with E-state index in [-0.39, 0.29) is 11.8 Å². The fraction of sp³-hybridized carbons (Fsp3) is 0.889. The standard InChI is InChI=1S/C18H34N4O3/c1-16-5-3-7-22(13-16)18(24)15-21-10-8-20(9-11-21)14-17(23)19-6-4-12-25-2/h16H,3-15H2,1-2H3,(H,19,23). The Morgan fingerprint density at radius 1 is 1.08 bits per heavy atom. The highest BCUT2D eigenvalue weighted by atomic mass is 16.5. The maximum Gasteiger partial charge on any atom is 0.236 e. The molecule has 0 bridgehead atoms. The van der Waals surface area contributed by atoms with Gasteiger partial charge in [0.05, 0.1) is 13.1 Å². The number of nitrogens with zero attached hydrogens (tertiary/aromatic N) is 3. The van der Waals surface area contributed by atoms with Crippen LogP contribution < -0.4 is 5.32 Å². The quantitative estimate of drug-likeness (QED) is 0.623. The maximum atomic E-state index is 12.4. The summed E-state index contributed by atoms with van der Waals surface area (Å²) >= 11 is 0. The largest absolute Gasteiger partial charge is 0.385 e. The number of piperidine rings is 1. The fourth-order valence-corrected chi connectivity index (χ4v) is 3.52. The number of nitrogens with one attached hydrogen (secondary N) is 1. The second kappa shape index (κ2) is 10.7. The summed E-state index contributed by atoms with van der Waals surface area (Å²) in [7, 11) is 1.66. The van der Waals surface area contributed by atoms with Crippen LogP contribution in [-0.2, 0) is 14.3 Å². The lowest BCUT2D eigenvalue weighted by atomic mass is 10.0. The summed E-state index contributed by atoms with van der Waals surface area (Å²) in [5.41, 5.74) is 0.